The Morgan fingerprint density at radius 1 is 0.947 bits per heavy atom. The van der Waals surface area contributed by atoms with Crippen molar-refractivity contribution in [3.63, 3.8) is 0 Å². The number of para-hydroxylation sites is 1. The predicted molar refractivity (Wildman–Crippen MR) is 75.8 cm³/mol. The second-order valence-corrected chi connectivity index (χ2v) is 4.72. The fourth-order valence-corrected chi connectivity index (χ4v) is 1.84. The smallest absolute Gasteiger partial charge is 0.287 e. The largest absolute Gasteiger partial charge is 0.355 e. The van der Waals surface area contributed by atoms with E-state index in [1.165, 1.54) is 32.1 Å². The Bertz CT molecular complexity index is 335. The van der Waals surface area contributed by atoms with E-state index in [2.05, 4.69) is 6.92 Å². The molecule has 1 aromatic carbocycles. The molecular weight excluding hydrogens is 240 g/mol. The summed E-state index contributed by atoms with van der Waals surface area (Å²) >= 11 is 0. The van der Waals surface area contributed by atoms with Crippen LogP contribution in [0, 0.1) is 0 Å². The fourth-order valence-electron chi connectivity index (χ4n) is 1.84. The molecule has 0 aromatic heterocycles. The van der Waals surface area contributed by atoms with Crippen LogP contribution < -0.4 is 4.89 Å². The van der Waals surface area contributed by atoms with Gasteiger partial charge in [-0.1, -0.05) is 63.6 Å². The van der Waals surface area contributed by atoms with E-state index >= 15 is 0 Å². The van der Waals surface area contributed by atoms with Gasteiger partial charge in [0.25, 0.3) is 0 Å². The van der Waals surface area contributed by atoms with Crippen molar-refractivity contribution in [2.24, 2.45) is 0 Å². The van der Waals surface area contributed by atoms with Crippen LogP contribution in [-0.2, 0) is 9.68 Å². The lowest BCUT2D eigenvalue weighted by Gasteiger charge is -2.04. The van der Waals surface area contributed by atoms with Gasteiger partial charge >= 0.3 is 5.97 Å². The average Bonchev–Trinajstić information content (AvgIpc) is 2.45. The molecule has 0 heterocycles. The third-order valence-corrected chi connectivity index (χ3v) is 2.96. The number of unbranched alkanes of at least 4 members (excludes halogenated alkanes) is 6. The van der Waals surface area contributed by atoms with Gasteiger partial charge in [-0.15, -0.1) is 0 Å². The molecule has 0 amide bonds. The monoisotopic (exact) mass is 264 g/mol. The second kappa shape index (κ2) is 10.4. The maximum Gasteiger partial charge on any atom is 0.355 e. The Labute approximate surface area is 115 Å². The molecule has 0 radical (unpaired) electrons. The molecule has 0 unspecified atom stereocenters. The van der Waals surface area contributed by atoms with Crippen LogP contribution in [0.4, 0.5) is 0 Å². The van der Waals surface area contributed by atoms with Crippen LogP contribution in [-0.4, -0.2) is 5.97 Å². The first kappa shape index (κ1) is 15.5. The molecule has 106 valence electrons. The normalized spacial score (nSPS) is 10.2. The molecule has 19 heavy (non-hydrogen) atoms. The van der Waals surface area contributed by atoms with E-state index in [0.717, 1.165) is 12.8 Å². The van der Waals surface area contributed by atoms with Gasteiger partial charge in [0.05, 0.1) is 6.42 Å². The highest BCUT2D eigenvalue weighted by atomic mass is 17.2. The molecule has 0 saturated heterocycles. The third kappa shape index (κ3) is 8.25. The number of hydrogen-bond acceptors (Lipinski definition) is 3. The summed E-state index contributed by atoms with van der Waals surface area (Å²) in [4.78, 5) is 21.1. The van der Waals surface area contributed by atoms with Crippen LogP contribution >= 0.6 is 0 Å². The molecule has 0 N–H and O–H groups in total. The standard InChI is InChI=1S/C16H24O3/c1-2-3-4-5-6-7-11-14-16(17)19-18-15-12-9-8-10-13-15/h8-10,12-13H,2-7,11,14H2,1H3. The van der Waals surface area contributed by atoms with Crippen LogP contribution in [0.3, 0.4) is 0 Å². The highest BCUT2D eigenvalue weighted by Gasteiger charge is 2.04. The van der Waals surface area contributed by atoms with Crippen molar-refractivity contribution in [3.05, 3.63) is 30.3 Å². The molecule has 0 fully saturated rings. The Morgan fingerprint density at radius 3 is 2.26 bits per heavy atom. The first-order valence-electron chi connectivity index (χ1n) is 7.25. The lowest BCUT2D eigenvalue weighted by molar-refractivity contribution is -0.213. The Kier molecular flexibility index (Phi) is 8.52. The summed E-state index contributed by atoms with van der Waals surface area (Å²) < 4.78 is 0. The zero-order chi connectivity index (χ0) is 13.8. The first-order valence-corrected chi connectivity index (χ1v) is 7.25. The number of benzene rings is 1. The first-order chi connectivity index (χ1) is 9.33. The van der Waals surface area contributed by atoms with Crippen molar-refractivity contribution in [3.8, 4) is 5.75 Å². The van der Waals surface area contributed by atoms with E-state index in [1.807, 2.05) is 18.2 Å². The lowest BCUT2D eigenvalue weighted by Crippen LogP contribution is -2.07. The molecular formula is C16H24O3. The third-order valence-electron chi connectivity index (χ3n) is 2.96. The van der Waals surface area contributed by atoms with Gasteiger partial charge in [0.2, 0.25) is 0 Å². The van der Waals surface area contributed by atoms with Gasteiger partial charge in [0.1, 0.15) is 0 Å². The van der Waals surface area contributed by atoms with E-state index in [0.29, 0.717) is 12.2 Å². The van der Waals surface area contributed by atoms with Crippen LogP contribution in [0.5, 0.6) is 5.75 Å². The van der Waals surface area contributed by atoms with Crippen molar-refractivity contribution in [1.29, 1.82) is 0 Å². The molecule has 3 nitrogen and oxygen atoms in total. The minimum atomic E-state index is -0.294. The number of carbonyl (C=O) groups is 1. The maximum absolute atomic E-state index is 11.4. The molecule has 0 bridgehead atoms. The quantitative estimate of drug-likeness (QED) is 0.350. The van der Waals surface area contributed by atoms with Gasteiger partial charge in [0, 0.05) is 0 Å². The maximum atomic E-state index is 11.4. The minimum absolute atomic E-state index is 0.294. The summed E-state index contributed by atoms with van der Waals surface area (Å²) in [5, 5.41) is 0. The summed E-state index contributed by atoms with van der Waals surface area (Å²) in [6.07, 6.45) is 8.75. The summed E-state index contributed by atoms with van der Waals surface area (Å²) in [5.41, 5.74) is 0. The number of hydrogen-bond donors (Lipinski definition) is 0. The fraction of sp³-hybridized carbons (Fsp3) is 0.562. The van der Waals surface area contributed by atoms with E-state index in [9.17, 15) is 4.79 Å². The average molecular weight is 264 g/mol. The number of carbonyl (C=O) groups excluding carboxylic acids is 1. The molecule has 1 aromatic rings. The Balaban J connectivity index is 1.96. The second-order valence-electron chi connectivity index (χ2n) is 4.72. The molecule has 0 atom stereocenters. The van der Waals surface area contributed by atoms with Gasteiger partial charge in [-0.25, -0.2) is 4.79 Å². The molecule has 0 aliphatic rings. The summed E-state index contributed by atoms with van der Waals surface area (Å²) in [5.74, 6) is 0.257. The predicted octanol–water partition coefficient (Wildman–Crippen LogP) is 4.66. The van der Waals surface area contributed by atoms with Crippen LogP contribution in [0.2, 0.25) is 0 Å². The lowest BCUT2D eigenvalue weighted by atomic mass is 10.1. The van der Waals surface area contributed by atoms with Gasteiger partial charge in [-0.05, 0) is 18.6 Å². The van der Waals surface area contributed by atoms with Gasteiger partial charge in [-0.2, -0.15) is 0 Å². The topological polar surface area (TPSA) is 35.5 Å². The van der Waals surface area contributed by atoms with Crippen molar-refractivity contribution < 1.29 is 14.6 Å². The van der Waals surface area contributed by atoms with E-state index in [1.54, 1.807) is 12.1 Å². The Morgan fingerprint density at radius 2 is 1.58 bits per heavy atom. The minimum Gasteiger partial charge on any atom is -0.287 e. The van der Waals surface area contributed by atoms with Crippen molar-refractivity contribution in [2.45, 2.75) is 58.3 Å². The molecule has 3 heteroatoms. The van der Waals surface area contributed by atoms with E-state index in [-0.39, 0.29) is 5.97 Å². The molecule has 0 aliphatic heterocycles. The molecule has 0 aliphatic carbocycles. The van der Waals surface area contributed by atoms with Crippen molar-refractivity contribution >= 4 is 5.97 Å². The van der Waals surface area contributed by atoms with E-state index < -0.39 is 0 Å². The summed E-state index contributed by atoms with van der Waals surface area (Å²) in [6.45, 7) is 2.21. The van der Waals surface area contributed by atoms with Crippen LogP contribution in [0.25, 0.3) is 0 Å². The van der Waals surface area contributed by atoms with Crippen molar-refractivity contribution in [1.82, 2.24) is 0 Å². The van der Waals surface area contributed by atoms with Crippen LogP contribution in [0.15, 0.2) is 30.3 Å². The van der Waals surface area contributed by atoms with Gasteiger partial charge in [0.15, 0.2) is 5.75 Å². The highest BCUT2D eigenvalue weighted by molar-refractivity contribution is 5.68. The van der Waals surface area contributed by atoms with Gasteiger partial charge in [-0.3, -0.25) is 9.78 Å². The highest BCUT2D eigenvalue weighted by Crippen LogP contribution is 2.11. The molecule has 0 saturated carbocycles. The van der Waals surface area contributed by atoms with E-state index in [4.69, 9.17) is 9.78 Å². The zero-order valence-electron chi connectivity index (χ0n) is 11.8. The Hall–Kier alpha value is -1.51. The molecule has 0 spiro atoms. The summed E-state index contributed by atoms with van der Waals surface area (Å²) in [7, 11) is 0. The number of rotatable bonds is 10. The zero-order valence-corrected chi connectivity index (χ0v) is 11.8. The van der Waals surface area contributed by atoms with Gasteiger partial charge < -0.3 is 0 Å². The SMILES string of the molecule is CCCCCCCCCC(=O)OOc1ccccc1. The summed E-state index contributed by atoms with van der Waals surface area (Å²) in [6, 6.07) is 9.05. The van der Waals surface area contributed by atoms with Crippen molar-refractivity contribution in [2.75, 3.05) is 0 Å². The van der Waals surface area contributed by atoms with Crippen LogP contribution in [0.1, 0.15) is 58.3 Å². The molecule has 1 rings (SSSR count).